The van der Waals surface area contributed by atoms with Gasteiger partial charge in [0, 0.05) is 17.7 Å². The van der Waals surface area contributed by atoms with E-state index in [4.69, 9.17) is 5.26 Å². The van der Waals surface area contributed by atoms with Crippen LogP contribution in [0.25, 0.3) is 0 Å². The summed E-state index contributed by atoms with van der Waals surface area (Å²) in [6.07, 6.45) is 2.33. The van der Waals surface area contributed by atoms with Crippen molar-refractivity contribution in [3.63, 3.8) is 0 Å². The summed E-state index contributed by atoms with van der Waals surface area (Å²) in [6, 6.07) is 5.59. The average Bonchev–Trinajstić information content (AvgIpc) is 2.26. The number of carbonyl (C=O) groups excluding carboxylic acids is 1. The molecule has 0 aliphatic rings. The van der Waals surface area contributed by atoms with Crippen molar-refractivity contribution in [1.82, 2.24) is 0 Å². The lowest BCUT2D eigenvalue weighted by molar-refractivity contribution is 0.0989. The molecule has 0 spiro atoms. The first-order chi connectivity index (χ1) is 7.19. The van der Waals surface area contributed by atoms with Gasteiger partial charge in [-0.15, -0.1) is 0 Å². The van der Waals surface area contributed by atoms with Gasteiger partial charge < -0.3 is 0 Å². The number of hydrogen-bond donors (Lipinski definition) is 0. The van der Waals surface area contributed by atoms with Crippen molar-refractivity contribution in [2.24, 2.45) is 0 Å². The molecule has 0 saturated heterocycles. The van der Waals surface area contributed by atoms with Crippen LogP contribution in [0.2, 0.25) is 0 Å². The van der Waals surface area contributed by atoms with E-state index in [-0.39, 0.29) is 11.3 Å². The molecule has 1 aromatic carbocycles. The predicted octanol–water partition coefficient (Wildman–Crippen LogP) is 2.63. The van der Waals surface area contributed by atoms with E-state index in [1.54, 1.807) is 17.8 Å². The lowest BCUT2D eigenvalue weighted by atomic mass is 10.1. The molecule has 0 unspecified atom stereocenters. The third-order valence-corrected chi connectivity index (χ3v) is 2.55. The number of nitriles is 1. The highest BCUT2D eigenvalue weighted by Gasteiger charge is 2.08. The summed E-state index contributed by atoms with van der Waals surface area (Å²) >= 11 is 1.58. The van der Waals surface area contributed by atoms with Crippen molar-refractivity contribution >= 4 is 17.5 Å². The van der Waals surface area contributed by atoms with Crippen molar-refractivity contribution in [1.29, 1.82) is 5.26 Å². The van der Waals surface area contributed by atoms with Gasteiger partial charge in [0.2, 0.25) is 0 Å². The van der Waals surface area contributed by atoms with Crippen molar-refractivity contribution in [2.75, 3.05) is 12.0 Å². The zero-order chi connectivity index (χ0) is 11.3. The Balaban J connectivity index is 2.87. The smallest absolute Gasteiger partial charge is 0.163 e. The van der Waals surface area contributed by atoms with Gasteiger partial charge in [-0.1, -0.05) is 0 Å². The summed E-state index contributed by atoms with van der Waals surface area (Å²) in [7, 11) is 0. The number of hydrogen-bond acceptors (Lipinski definition) is 3. The molecular formula is C11H10FNOS. The first-order valence-corrected chi connectivity index (χ1v) is 5.80. The minimum atomic E-state index is -0.584. The maximum Gasteiger partial charge on any atom is 0.163 e. The lowest BCUT2D eigenvalue weighted by Gasteiger charge is -2.00. The number of ketones is 1. The quantitative estimate of drug-likeness (QED) is 0.737. The molecular weight excluding hydrogens is 213 g/mol. The summed E-state index contributed by atoms with van der Waals surface area (Å²) in [5, 5.41) is 8.60. The topological polar surface area (TPSA) is 40.9 Å². The fourth-order valence-corrected chi connectivity index (χ4v) is 1.51. The number of nitrogens with zero attached hydrogens (tertiary/aromatic N) is 1. The van der Waals surface area contributed by atoms with Crippen LogP contribution < -0.4 is 0 Å². The van der Waals surface area contributed by atoms with Crippen LogP contribution in [0.5, 0.6) is 0 Å². The summed E-state index contributed by atoms with van der Waals surface area (Å²) in [5.74, 6) is 0.0951. The van der Waals surface area contributed by atoms with Crippen LogP contribution in [0.1, 0.15) is 22.3 Å². The number of halogens is 1. The standard InChI is InChI=1S/C11H10FNOS/c1-15-5-4-11(14)8-2-3-10(12)9(6-8)7-13/h2-3,6H,4-5H2,1H3. The van der Waals surface area contributed by atoms with Gasteiger partial charge in [-0.2, -0.15) is 17.0 Å². The van der Waals surface area contributed by atoms with Crippen LogP contribution in [-0.4, -0.2) is 17.8 Å². The van der Waals surface area contributed by atoms with E-state index < -0.39 is 5.82 Å². The average molecular weight is 223 g/mol. The highest BCUT2D eigenvalue weighted by molar-refractivity contribution is 7.98. The minimum Gasteiger partial charge on any atom is -0.294 e. The molecule has 0 N–H and O–H groups in total. The van der Waals surface area contributed by atoms with Gasteiger partial charge in [0.25, 0.3) is 0 Å². The Labute approximate surface area is 92.1 Å². The third-order valence-electron chi connectivity index (χ3n) is 1.94. The summed E-state index contributed by atoms with van der Waals surface area (Å²) in [5.41, 5.74) is 0.326. The number of Topliss-reactive ketones (excluding diaryl/α,β-unsaturated/α-hetero) is 1. The van der Waals surface area contributed by atoms with Gasteiger partial charge in [0.1, 0.15) is 11.9 Å². The molecule has 1 aromatic rings. The van der Waals surface area contributed by atoms with Crippen LogP contribution in [0.3, 0.4) is 0 Å². The fourth-order valence-electron chi connectivity index (χ4n) is 1.12. The molecule has 0 atom stereocenters. The zero-order valence-corrected chi connectivity index (χ0v) is 9.10. The van der Waals surface area contributed by atoms with Crippen LogP contribution >= 0.6 is 11.8 Å². The second-order valence-corrected chi connectivity index (χ2v) is 3.96. The highest BCUT2D eigenvalue weighted by atomic mass is 32.2. The SMILES string of the molecule is CSCCC(=O)c1ccc(F)c(C#N)c1. The van der Waals surface area contributed by atoms with E-state index >= 15 is 0 Å². The molecule has 0 radical (unpaired) electrons. The van der Waals surface area contributed by atoms with Gasteiger partial charge >= 0.3 is 0 Å². The van der Waals surface area contributed by atoms with Crippen LogP contribution in [0.4, 0.5) is 4.39 Å². The van der Waals surface area contributed by atoms with E-state index in [2.05, 4.69) is 0 Å². The first kappa shape index (κ1) is 11.7. The minimum absolute atomic E-state index is 0.0548. The lowest BCUT2D eigenvalue weighted by Crippen LogP contribution is -2.01. The Hall–Kier alpha value is -1.34. The van der Waals surface area contributed by atoms with Gasteiger partial charge in [-0.3, -0.25) is 4.79 Å². The number of carbonyl (C=O) groups is 1. The zero-order valence-electron chi connectivity index (χ0n) is 8.29. The van der Waals surface area contributed by atoms with Gasteiger partial charge in [0.05, 0.1) is 5.56 Å². The Bertz CT molecular complexity index is 412. The molecule has 0 bridgehead atoms. The van der Waals surface area contributed by atoms with Crippen LogP contribution in [-0.2, 0) is 0 Å². The molecule has 1 rings (SSSR count). The second kappa shape index (κ2) is 5.52. The van der Waals surface area contributed by atoms with E-state index in [1.165, 1.54) is 12.1 Å². The molecule has 4 heteroatoms. The maximum atomic E-state index is 12.9. The molecule has 0 heterocycles. The molecule has 2 nitrogen and oxygen atoms in total. The molecule has 0 aliphatic heterocycles. The number of thioether (sulfide) groups is 1. The Morgan fingerprint density at radius 3 is 2.93 bits per heavy atom. The number of benzene rings is 1. The van der Waals surface area contributed by atoms with E-state index in [9.17, 15) is 9.18 Å². The summed E-state index contributed by atoms with van der Waals surface area (Å²) in [6.45, 7) is 0. The fraction of sp³-hybridized carbons (Fsp3) is 0.273. The van der Waals surface area contributed by atoms with Gasteiger partial charge in [0.15, 0.2) is 5.78 Å². The van der Waals surface area contributed by atoms with Gasteiger partial charge in [-0.05, 0) is 24.5 Å². The number of rotatable bonds is 4. The Kier molecular flexibility index (Phi) is 4.32. The normalized spacial score (nSPS) is 9.67. The van der Waals surface area contributed by atoms with Crippen molar-refractivity contribution in [3.05, 3.63) is 35.1 Å². The largest absolute Gasteiger partial charge is 0.294 e. The van der Waals surface area contributed by atoms with Crippen molar-refractivity contribution in [2.45, 2.75) is 6.42 Å². The Morgan fingerprint density at radius 2 is 2.33 bits per heavy atom. The summed E-state index contributed by atoms with van der Waals surface area (Å²) < 4.78 is 12.9. The highest BCUT2D eigenvalue weighted by Crippen LogP contribution is 2.12. The van der Waals surface area contributed by atoms with Crippen molar-refractivity contribution < 1.29 is 9.18 Å². The predicted molar refractivity (Wildman–Crippen MR) is 58.4 cm³/mol. The molecule has 0 fully saturated rings. The first-order valence-electron chi connectivity index (χ1n) is 4.41. The molecule has 0 aromatic heterocycles. The van der Waals surface area contributed by atoms with E-state index in [1.807, 2.05) is 6.26 Å². The van der Waals surface area contributed by atoms with Crippen molar-refractivity contribution in [3.8, 4) is 6.07 Å². The molecule has 0 saturated carbocycles. The van der Waals surface area contributed by atoms with E-state index in [0.717, 1.165) is 11.8 Å². The monoisotopic (exact) mass is 223 g/mol. The third kappa shape index (κ3) is 3.07. The van der Waals surface area contributed by atoms with Gasteiger partial charge in [-0.25, -0.2) is 4.39 Å². The molecule has 15 heavy (non-hydrogen) atoms. The molecule has 0 amide bonds. The molecule has 0 aliphatic carbocycles. The Morgan fingerprint density at radius 1 is 1.60 bits per heavy atom. The second-order valence-electron chi connectivity index (χ2n) is 2.97. The molecule has 78 valence electrons. The van der Waals surface area contributed by atoms with E-state index in [0.29, 0.717) is 12.0 Å². The van der Waals surface area contributed by atoms with Crippen LogP contribution in [0.15, 0.2) is 18.2 Å². The van der Waals surface area contributed by atoms with Crippen LogP contribution in [0, 0.1) is 17.1 Å². The maximum absolute atomic E-state index is 12.9. The summed E-state index contributed by atoms with van der Waals surface area (Å²) in [4.78, 5) is 11.5.